The zero-order chi connectivity index (χ0) is 14.0. The first-order chi connectivity index (χ1) is 9.84. The summed E-state index contributed by atoms with van der Waals surface area (Å²) in [5.41, 5.74) is 0. The van der Waals surface area contributed by atoms with Crippen molar-refractivity contribution in [1.29, 1.82) is 0 Å². The van der Waals surface area contributed by atoms with E-state index in [0.717, 1.165) is 0 Å². The van der Waals surface area contributed by atoms with E-state index in [0.29, 0.717) is 11.6 Å². The number of aromatic nitrogens is 6. The van der Waals surface area contributed by atoms with E-state index in [1.54, 1.807) is 24.3 Å². The molecule has 0 saturated heterocycles. The van der Waals surface area contributed by atoms with Crippen molar-refractivity contribution in [1.82, 2.24) is 30.4 Å². The lowest BCUT2D eigenvalue weighted by Gasteiger charge is -2.00. The second kappa shape index (κ2) is 8.16. The van der Waals surface area contributed by atoms with E-state index < -0.39 is 8.25 Å². The van der Waals surface area contributed by atoms with Gasteiger partial charge in [-0.2, -0.15) is 10.2 Å². The molecule has 0 aliphatic rings. The Morgan fingerprint density at radius 1 is 1.00 bits per heavy atom. The molecule has 0 aliphatic heterocycles. The number of hydrogen-bond acceptors (Lipinski definition) is 7. The van der Waals surface area contributed by atoms with Crippen LogP contribution in [0.2, 0.25) is 0 Å². The first-order valence-corrected chi connectivity index (χ1v) is 6.91. The molecule has 0 atom stereocenters. The van der Waals surface area contributed by atoms with Crippen LogP contribution in [-0.2, 0) is 13.6 Å². The Kier molecular flexibility index (Phi) is 5.84. The van der Waals surface area contributed by atoms with Crippen LogP contribution in [-0.4, -0.2) is 43.6 Å². The highest BCUT2D eigenvalue weighted by Gasteiger charge is 1.96. The second-order valence-corrected chi connectivity index (χ2v) is 4.47. The van der Waals surface area contributed by atoms with Crippen LogP contribution in [0.5, 0.6) is 0 Å². The van der Waals surface area contributed by atoms with E-state index in [2.05, 4.69) is 30.4 Å². The summed E-state index contributed by atoms with van der Waals surface area (Å²) in [6.45, 7) is 0.327. The second-order valence-electron chi connectivity index (χ2n) is 3.39. The Bertz CT molecular complexity index is 516. The standard InChI is InChI=1S/C10H13N6O3P/c17-20(18-5-1-3-9-11-7-13-15-9)19-6-2-4-10-12-8-14-16-10/h1-4,7-8,20H,5-6H2,(H,11,13,15)(H,12,14,16)/b3-1+,4-2+. The van der Waals surface area contributed by atoms with E-state index in [9.17, 15) is 4.57 Å². The van der Waals surface area contributed by atoms with Gasteiger partial charge in [0.25, 0.3) is 0 Å². The number of nitrogens with one attached hydrogen (secondary N) is 2. The van der Waals surface area contributed by atoms with Crippen molar-refractivity contribution in [2.24, 2.45) is 0 Å². The highest BCUT2D eigenvalue weighted by atomic mass is 31.1. The van der Waals surface area contributed by atoms with E-state index in [4.69, 9.17) is 9.05 Å². The molecule has 0 aliphatic carbocycles. The lowest BCUT2D eigenvalue weighted by Crippen LogP contribution is -1.87. The van der Waals surface area contributed by atoms with Gasteiger partial charge >= 0.3 is 8.25 Å². The summed E-state index contributed by atoms with van der Waals surface area (Å²) in [5.74, 6) is 1.06. The number of nitrogens with zero attached hydrogens (tertiary/aromatic N) is 4. The van der Waals surface area contributed by atoms with Crippen LogP contribution in [0.25, 0.3) is 12.2 Å². The molecule has 2 heterocycles. The van der Waals surface area contributed by atoms with Crippen molar-refractivity contribution in [3.8, 4) is 0 Å². The average Bonchev–Trinajstić information content (AvgIpc) is 3.13. The van der Waals surface area contributed by atoms with Crippen LogP contribution < -0.4 is 0 Å². The summed E-state index contributed by atoms with van der Waals surface area (Å²) >= 11 is 0. The zero-order valence-electron chi connectivity index (χ0n) is 10.4. The molecule has 0 spiro atoms. The first-order valence-electron chi connectivity index (χ1n) is 5.69. The normalized spacial score (nSPS) is 12.1. The Morgan fingerprint density at radius 3 is 1.90 bits per heavy atom. The molecule has 0 fully saturated rings. The summed E-state index contributed by atoms with van der Waals surface area (Å²) in [5, 5.41) is 12.8. The summed E-state index contributed by atoms with van der Waals surface area (Å²) in [6, 6.07) is 0. The summed E-state index contributed by atoms with van der Waals surface area (Å²) in [6.07, 6.45) is 9.53. The fourth-order valence-corrected chi connectivity index (χ4v) is 1.73. The zero-order valence-corrected chi connectivity index (χ0v) is 11.4. The molecular formula is C10H13N6O3P. The lowest BCUT2D eigenvalue weighted by molar-refractivity contribution is 0.261. The molecule has 0 saturated carbocycles. The van der Waals surface area contributed by atoms with Crippen molar-refractivity contribution in [2.75, 3.05) is 13.2 Å². The Morgan fingerprint density at radius 2 is 1.50 bits per heavy atom. The van der Waals surface area contributed by atoms with Gasteiger partial charge in [-0.3, -0.25) is 14.8 Å². The maximum absolute atomic E-state index is 11.4. The third kappa shape index (κ3) is 5.27. The minimum atomic E-state index is -2.52. The summed E-state index contributed by atoms with van der Waals surface area (Å²) < 4.78 is 21.3. The predicted molar refractivity (Wildman–Crippen MR) is 71.7 cm³/mol. The quantitative estimate of drug-likeness (QED) is 0.699. The van der Waals surface area contributed by atoms with Gasteiger partial charge < -0.3 is 9.05 Å². The SMILES string of the molecule is O=[PH](OC/C=C/c1nc[nH]n1)OC/C=C/c1nc[nH]n1. The fourth-order valence-electron chi connectivity index (χ4n) is 1.18. The summed E-state index contributed by atoms with van der Waals surface area (Å²) in [7, 11) is -2.52. The molecule has 0 radical (unpaired) electrons. The van der Waals surface area contributed by atoms with Gasteiger partial charge in [-0.1, -0.05) is 12.2 Å². The molecule has 10 heteroatoms. The predicted octanol–water partition coefficient (Wildman–Crippen LogP) is 1.07. The lowest BCUT2D eigenvalue weighted by atomic mass is 10.5. The first kappa shape index (κ1) is 14.3. The van der Waals surface area contributed by atoms with Crippen molar-refractivity contribution in [3.05, 3.63) is 36.5 Å². The van der Waals surface area contributed by atoms with Crippen LogP contribution in [0.4, 0.5) is 0 Å². The topological polar surface area (TPSA) is 119 Å². The molecule has 2 aromatic heterocycles. The maximum Gasteiger partial charge on any atom is 0.319 e. The monoisotopic (exact) mass is 296 g/mol. The van der Waals surface area contributed by atoms with E-state index >= 15 is 0 Å². The van der Waals surface area contributed by atoms with Crippen LogP contribution in [0, 0.1) is 0 Å². The molecule has 2 aromatic rings. The van der Waals surface area contributed by atoms with Gasteiger partial charge in [0, 0.05) is 0 Å². The molecule has 106 valence electrons. The molecular weight excluding hydrogens is 283 g/mol. The molecule has 0 bridgehead atoms. The van der Waals surface area contributed by atoms with Gasteiger partial charge in [0.05, 0.1) is 13.2 Å². The van der Waals surface area contributed by atoms with Crippen molar-refractivity contribution < 1.29 is 13.6 Å². The van der Waals surface area contributed by atoms with Crippen molar-refractivity contribution >= 4 is 20.4 Å². The highest BCUT2D eigenvalue weighted by Crippen LogP contribution is 2.23. The number of rotatable bonds is 8. The molecule has 0 aromatic carbocycles. The van der Waals surface area contributed by atoms with Crippen LogP contribution in [0.3, 0.4) is 0 Å². The van der Waals surface area contributed by atoms with Crippen LogP contribution >= 0.6 is 8.25 Å². The third-order valence-corrected chi connectivity index (χ3v) is 2.80. The van der Waals surface area contributed by atoms with Gasteiger partial charge in [-0.15, -0.1) is 0 Å². The minimum absolute atomic E-state index is 0.164. The smallest absolute Gasteiger partial charge is 0.306 e. The molecule has 0 unspecified atom stereocenters. The minimum Gasteiger partial charge on any atom is -0.306 e. The van der Waals surface area contributed by atoms with Gasteiger partial charge in [0.15, 0.2) is 11.6 Å². The van der Waals surface area contributed by atoms with Crippen molar-refractivity contribution in [3.63, 3.8) is 0 Å². The highest BCUT2D eigenvalue weighted by molar-refractivity contribution is 7.33. The summed E-state index contributed by atoms with van der Waals surface area (Å²) in [4.78, 5) is 7.77. The molecule has 9 nitrogen and oxygen atoms in total. The Balaban J connectivity index is 1.58. The maximum atomic E-state index is 11.4. The number of aromatic amines is 2. The van der Waals surface area contributed by atoms with Gasteiger partial charge in [-0.25, -0.2) is 9.97 Å². The molecule has 20 heavy (non-hydrogen) atoms. The average molecular weight is 296 g/mol. The number of H-pyrrole nitrogens is 2. The van der Waals surface area contributed by atoms with Gasteiger partial charge in [-0.05, 0) is 12.2 Å². The fraction of sp³-hybridized carbons (Fsp3) is 0.200. The van der Waals surface area contributed by atoms with Gasteiger partial charge in [0.2, 0.25) is 0 Å². The van der Waals surface area contributed by atoms with Crippen LogP contribution in [0.15, 0.2) is 24.8 Å². The van der Waals surface area contributed by atoms with E-state index in [1.165, 1.54) is 12.7 Å². The van der Waals surface area contributed by atoms with Crippen LogP contribution in [0.1, 0.15) is 11.6 Å². The molecule has 2 rings (SSSR count). The van der Waals surface area contributed by atoms with Crippen molar-refractivity contribution in [2.45, 2.75) is 0 Å². The third-order valence-electron chi connectivity index (χ3n) is 2.00. The molecule has 2 N–H and O–H groups in total. The van der Waals surface area contributed by atoms with E-state index in [1.807, 2.05) is 0 Å². The number of hydrogen-bond donors (Lipinski definition) is 2. The largest absolute Gasteiger partial charge is 0.319 e. The molecule has 0 amide bonds. The van der Waals surface area contributed by atoms with Gasteiger partial charge in [0.1, 0.15) is 12.7 Å². The Labute approximate surface area is 115 Å². The Hall–Kier alpha value is -2.09. The van der Waals surface area contributed by atoms with E-state index in [-0.39, 0.29) is 13.2 Å².